The lowest BCUT2D eigenvalue weighted by Crippen LogP contribution is -2.37. The molecule has 1 aromatic rings. The third-order valence-electron chi connectivity index (χ3n) is 3.25. The largest absolute Gasteiger partial charge is 0.481 e. The zero-order valence-corrected chi connectivity index (χ0v) is 13.5. The van der Waals surface area contributed by atoms with E-state index in [1.54, 1.807) is 0 Å². The predicted molar refractivity (Wildman–Crippen MR) is 83.3 cm³/mol. The van der Waals surface area contributed by atoms with Gasteiger partial charge in [-0.25, -0.2) is 8.42 Å². The van der Waals surface area contributed by atoms with Gasteiger partial charge >= 0.3 is 5.97 Å². The average molecular weight is 327 g/mol. The van der Waals surface area contributed by atoms with Crippen LogP contribution in [0.2, 0.25) is 0 Å². The molecule has 1 aromatic carbocycles. The van der Waals surface area contributed by atoms with Crippen LogP contribution in [0.1, 0.15) is 18.1 Å². The van der Waals surface area contributed by atoms with Gasteiger partial charge in [0, 0.05) is 12.3 Å². The summed E-state index contributed by atoms with van der Waals surface area (Å²) in [7, 11) is -3.41. The van der Waals surface area contributed by atoms with Crippen LogP contribution in [0.5, 0.6) is 0 Å². The normalized spacial score (nSPS) is 12.6. The van der Waals surface area contributed by atoms with Crippen molar-refractivity contribution in [1.29, 1.82) is 0 Å². The molecule has 1 rings (SSSR count). The molecule has 0 aliphatic carbocycles. The molecule has 6 nitrogen and oxygen atoms in total. The summed E-state index contributed by atoms with van der Waals surface area (Å²) < 4.78 is 22.7. The van der Waals surface area contributed by atoms with Gasteiger partial charge in [0.1, 0.15) is 5.75 Å². The van der Waals surface area contributed by atoms with E-state index in [1.165, 1.54) is 6.92 Å². The number of hydrogen-bond donors (Lipinski definition) is 2. The molecule has 7 heteroatoms. The topological polar surface area (TPSA) is 101 Å². The molecule has 0 saturated carbocycles. The Labute approximate surface area is 130 Å². The van der Waals surface area contributed by atoms with Gasteiger partial charge in [-0.3, -0.25) is 9.59 Å². The molecular weight excluding hydrogens is 306 g/mol. The van der Waals surface area contributed by atoms with E-state index in [-0.39, 0.29) is 18.7 Å². The van der Waals surface area contributed by atoms with Gasteiger partial charge in [0.15, 0.2) is 9.84 Å². The van der Waals surface area contributed by atoms with Crippen LogP contribution in [0.15, 0.2) is 24.3 Å². The van der Waals surface area contributed by atoms with Crippen molar-refractivity contribution >= 4 is 21.7 Å². The van der Waals surface area contributed by atoms with Gasteiger partial charge in [-0.2, -0.15) is 0 Å². The zero-order chi connectivity index (χ0) is 16.8. The summed E-state index contributed by atoms with van der Waals surface area (Å²) in [6.45, 7) is 3.28. The Bertz CT molecular complexity index is 639. The van der Waals surface area contributed by atoms with Crippen LogP contribution in [0, 0.1) is 12.8 Å². The summed E-state index contributed by atoms with van der Waals surface area (Å²) in [6, 6.07) is 7.47. The van der Waals surface area contributed by atoms with Gasteiger partial charge < -0.3 is 10.4 Å². The monoisotopic (exact) mass is 327 g/mol. The third kappa shape index (κ3) is 6.26. The van der Waals surface area contributed by atoms with Crippen LogP contribution in [-0.4, -0.2) is 43.5 Å². The quantitative estimate of drug-likeness (QED) is 0.735. The third-order valence-corrected chi connectivity index (χ3v) is 4.83. The van der Waals surface area contributed by atoms with Crippen molar-refractivity contribution in [3.8, 4) is 0 Å². The molecule has 0 spiro atoms. The molecule has 1 atom stereocenters. The van der Waals surface area contributed by atoms with E-state index in [9.17, 15) is 23.1 Å². The number of carbonyl (C=O) groups is 2. The number of nitrogens with one attached hydrogen (secondary N) is 1. The second-order valence-corrected chi connectivity index (χ2v) is 7.56. The van der Waals surface area contributed by atoms with Crippen molar-refractivity contribution in [3.63, 3.8) is 0 Å². The molecule has 0 aliphatic rings. The Morgan fingerprint density at radius 2 is 2.00 bits per heavy atom. The highest BCUT2D eigenvalue weighted by atomic mass is 32.2. The summed E-state index contributed by atoms with van der Waals surface area (Å²) >= 11 is 0. The molecule has 0 aliphatic heterocycles. The van der Waals surface area contributed by atoms with E-state index in [0.717, 1.165) is 11.1 Å². The molecule has 2 N–H and O–H groups in total. The number of aliphatic carboxylic acids is 1. The summed E-state index contributed by atoms with van der Waals surface area (Å²) in [6.07, 6.45) is 0.276. The van der Waals surface area contributed by atoms with E-state index in [1.807, 2.05) is 31.2 Å². The van der Waals surface area contributed by atoms with Crippen LogP contribution >= 0.6 is 0 Å². The zero-order valence-electron chi connectivity index (χ0n) is 12.7. The van der Waals surface area contributed by atoms with Crippen molar-refractivity contribution in [2.75, 3.05) is 18.1 Å². The summed E-state index contributed by atoms with van der Waals surface area (Å²) in [5.74, 6) is -3.22. The second kappa shape index (κ2) is 7.93. The van der Waals surface area contributed by atoms with Crippen LogP contribution in [0.4, 0.5) is 0 Å². The van der Waals surface area contributed by atoms with Crippen LogP contribution in [-0.2, 0) is 25.8 Å². The lowest BCUT2D eigenvalue weighted by molar-refractivity contribution is -0.141. The second-order valence-electron chi connectivity index (χ2n) is 5.21. The standard InChI is InChI=1S/C15H21NO5S/c1-3-22(20,21)10-14(17)16-9-13(15(18)19)8-12-6-4-5-11(2)7-12/h4-7,13H,3,8-10H2,1-2H3,(H,16,17)(H,18,19). The SMILES string of the molecule is CCS(=O)(=O)CC(=O)NCC(Cc1cccc(C)c1)C(=O)O. The molecule has 0 heterocycles. The molecular formula is C15H21NO5S. The van der Waals surface area contributed by atoms with Crippen molar-refractivity contribution in [1.82, 2.24) is 5.32 Å². The van der Waals surface area contributed by atoms with Crippen LogP contribution in [0.25, 0.3) is 0 Å². The fourth-order valence-corrected chi connectivity index (χ4v) is 2.67. The van der Waals surface area contributed by atoms with Crippen molar-refractivity contribution < 1.29 is 23.1 Å². The average Bonchev–Trinajstić information content (AvgIpc) is 2.42. The van der Waals surface area contributed by atoms with Gasteiger partial charge in [0.25, 0.3) is 0 Å². The number of carbonyl (C=O) groups excluding carboxylic acids is 1. The molecule has 0 bridgehead atoms. The van der Waals surface area contributed by atoms with E-state index in [4.69, 9.17) is 0 Å². The maximum absolute atomic E-state index is 11.6. The molecule has 0 aromatic heterocycles. The van der Waals surface area contributed by atoms with Crippen molar-refractivity contribution in [2.24, 2.45) is 5.92 Å². The van der Waals surface area contributed by atoms with E-state index < -0.39 is 33.4 Å². The Morgan fingerprint density at radius 1 is 1.32 bits per heavy atom. The highest BCUT2D eigenvalue weighted by Gasteiger charge is 2.21. The maximum atomic E-state index is 11.6. The minimum absolute atomic E-state index is 0.0959. The maximum Gasteiger partial charge on any atom is 0.308 e. The Hall–Kier alpha value is -1.89. The molecule has 122 valence electrons. The Kier molecular flexibility index (Phi) is 6.55. The van der Waals surface area contributed by atoms with Gasteiger partial charge in [-0.15, -0.1) is 0 Å². The first-order chi connectivity index (χ1) is 10.2. The van der Waals surface area contributed by atoms with Crippen molar-refractivity contribution in [2.45, 2.75) is 20.3 Å². The summed E-state index contributed by atoms with van der Waals surface area (Å²) in [5.41, 5.74) is 1.89. The number of amides is 1. The van der Waals surface area contributed by atoms with Crippen LogP contribution in [0.3, 0.4) is 0 Å². The number of sulfone groups is 1. The lowest BCUT2D eigenvalue weighted by Gasteiger charge is -2.14. The number of aryl methyl sites for hydroxylation is 1. The number of carboxylic acid groups (broad SMARTS) is 1. The van der Waals surface area contributed by atoms with Gasteiger partial charge in [0.2, 0.25) is 5.91 Å². The number of hydrogen-bond acceptors (Lipinski definition) is 4. The smallest absolute Gasteiger partial charge is 0.308 e. The molecule has 22 heavy (non-hydrogen) atoms. The molecule has 0 radical (unpaired) electrons. The predicted octanol–water partition coefficient (Wildman–Crippen LogP) is 0.789. The van der Waals surface area contributed by atoms with Gasteiger partial charge in [0.05, 0.1) is 5.92 Å². The number of carboxylic acids is 1. The fourth-order valence-electron chi connectivity index (χ4n) is 1.96. The first-order valence-corrected chi connectivity index (χ1v) is 8.81. The Balaban J connectivity index is 2.62. The van der Waals surface area contributed by atoms with Crippen LogP contribution < -0.4 is 5.32 Å². The highest BCUT2D eigenvalue weighted by Crippen LogP contribution is 2.11. The van der Waals surface area contributed by atoms with E-state index in [0.29, 0.717) is 0 Å². The summed E-state index contributed by atoms with van der Waals surface area (Å²) in [5, 5.41) is 11.6. The minimum Gasteiger partial charge on any atom is -0.481 e. The number of benzene rings is 1. The molecule has 0 saturated heterocycles. The fraction of sp³-hybridized carbons (Fsp3) is 0.467. The highest BCUT2D eigenvalue weighted by molar-refractivity contribution is 7.92. The minimum atomic E-state index is -3.41. The lowest BCUT2D eigenvalue weighted by atomic mass is 9.98. The number of rotatable bonds is 8. The molecule has 1 unspecified atom stereocenters. The first kappa shape index (κ1) is 18.2. The Morgan fingerprint density at radius 3 is 2.55 bits per heavy atom. The van der Waals surface area contributed by atoms with E-state index >= 15 is 0 Å². The molecule has 0 fully saturated rings. The van der Waals surface area contributed by atoms with Gasteiger partial charge in [-0.1, -0.05) is 36.8 Å². The van der Waals surface area contributed by atoms with Crippen molar-refractivity contribution in [3.05, 3.63) is 35.4 Å². The first-order valence-electron chi connectivity index (χ1n) is 6.99. The van der Waals surface area contributed by atoms with E-state index in [2.05, 4.69) is 5.32 Å². The molecule has 1 amide bonds. The summed E-state index contributed by atoms with van der Waals surface area (Å²) in [4.78, 5) is 22.8. The van der Waals surface area contributed by atoms with Gasteiger partial charge in [-0.05, 0) is 18.9 Å².